The number of aromatic nitrogens is 1. The lowest BCUT2D eigenvalue weighted by Gasteiger charge is -2.06. The second-order valence-electron chi connectivity index (χ2n) is 3.74. The summed E-state index contributed by atoms with van der Waals surface area (Å²) >= 11 is 11.9. The van der Waals surface area contributed by atoms with Crippen LogP contribution in [0.5, 0.6) is 0 Å². The molecule has 0 aliphatic heterocycles. The molecule has 1 aromatic carbocycles. The Hall–Kier alpha value is -0.970. The number of rotatable bonds is 3. The van der Waals surface area contributed by atoms with Crippen molar-refractivity contribution in [3.05, 3.63) is 40.5 Å². The van der Waals surface area contributed by atoms with E-state index < -0.39 is 9.84 Å². The van der Waals surface area contributed by atoms with Crippen molar-refractivity contribution in [3.63, 3.8) is 0 Å². The highest BCUT2D eigenvalue weighted by molar-refractivity contribution is 7.91. The lowest BCUT2D eigenvalue weighted by atomic mass is 10.1. The zero-order chi connectivity index (χ0) is 13.3. The van der Waals surface area contributed by atoms with E-state index in [4.69, 9.17) is 23.2 Å². The molecule has 96 valence electrons. The molecule has 0 unspecified atom stereocenters. The maximum atomic E-state index is 11.9. The standard InChI is InChI=1S/C12H11Cl2NO2S/c1-2-18(16,17)11-5-6-15-12(11)9-4-3-8(13)7-10(9)14/h3-7,15H,2H2,1H3. The third kappa shape index (κ3) is 2.41. The van der Waals surface area contributed by atoms with Crippen LogP contribution >= 0.6 is 23.2 Å². The molecule has 0 aliphatic rings. The van der Waals surface area contributed by atoms with Gasteiger partial charge in [-0.05, 0) is 24.3 Å². The maximum Gasteiger partial charge on any atom is 0.180 e. The summed E-state index contributed by atoms with van der Waals surface area (Å²) in [6.45, 7) is 1.61. The summed E-state index contributed by atoms with van der Waals surface area (Å²) < 4.78 is 23.9. The fraction of sp³-hybridized carbons (Fsp3) is 0.167. The molecule has 6 heteroatoms. The highest BCUT2D eigenvalue weighted by Gasteiger charge is 2.20. The Kier molecular flexibility index (Phi) is 3.71. The summed E-state index contributed by atoms with van der Waals surface area (Å²) in [5.41, 5.74) is 1.12. The van der Waals surface area contributed by atoms with Crippen molar-refractivity contribution in [2.75, 3.05) is 5.75 Å². The summed E-state index contributed by atoms with van der Waals surface area (Å²) in [4.78, 5) is 3.17. The van der Waals surface area contributed by atoms with Crippen LogP contribution in [0.1, 0.15) is 6.92 Å². The molecule has 0 bridgehead atoms. The Labute approximate surface area is 116 Å². The van der Waals surface area contributed by atoms with E-state index in [1.54, 1.807) is 37.4 Å². The van der Waals surface area contributed by atoms with E-state index in [1.165, 1.54) is 0 Å². The lowest BCUT2D eigenvalue weighted by Crippen LogP contribution is -2.04. The third-order valence-corrected chi connectivity index (χ3v) is 4.94. The molecule has 18 heavy (non-hydrogen) atoms. The van der Waals surface area contributed by atoms with Gasteiger partial charge in [-0.2, -0.15) is 0 Å². The van der Waals surface area contributed by atoms with Gasteiger partial charge in [0, 0.05) is 16.8 Å². The molecule has 0 atom stereocenters. The van der Waals surface area contributed by atoms with Crippen LogP contribution in [0, 0.1) is 0 Å². The van der Waals surface area contributed by atoms with Gasteiger partial charge in [0.1, 0.15) is 0 Å². The number of nitrogens with one attached hydrogen (secondary N) is 1. The van der Waals surface area contributed by atoms with Crippen LogP contribution in [0.3, 0.4) is 0 Å². The highest BCUT2D eigenvalue weighted by Crippen LogP contribution is 2.33. The number of aromatic amines is 1. The van der Waals surface area contributed by atoms with Crippen molar-refractivity contribution >= 4 is 33.0 Å². The zero-order valence-electron chi connectivity index (χ0n) is 9.57. The maximum absolute atomic E-state index is 11.9. The Morgan fingerprint density at radius 1 is 1.22 bits per heavy atom. The van der Waals surface area contributed by atoms with E-state index in [0.717, 1.165) is 0 Å². The van der Waals surface area contributed by atoms with Crippen molar-refractivity contribution in [3.8, 4) is 11.3 Å². The molecule has 1 N–H and O–H groups in total. The molecule has 2 rings (SSSR count). The van der Waals surface area contributed by atoms with Gasteiger partial charge in [0.15, 0.2) is 9.84 Å². The fourth-order valence-electron chi connectivity index (χ4n) is 1.67. The predicted octanol–water partition coefficient (Wildman–Crippen LogP) is 3.78. The van der Waals surface area contributed by atoms with Gasteiger partial charge in [-0.25, -0.2) is 8.42 Å². The van der Waals surface area contributed by atoms with Crippen LogP contribution in [0.2, 0.25) is 10.0 Å². The molecule has 0 radical (unpaired) electrons. The fourth-order valence-corrected chi connectivity index (χ4v) is 3.24. The SMILES string of the molecule is CCS(=O)(=O)c1cc[nH]c1-c1ccc(Cl)cc1Cl. The minimum Gasteiger partial charge on any atom is -0.360 e. The van der Waals surface area contributed by atoms with E-state index in [2.05, 4.69) is 4.98 Å². The quantitative estimate of drug-likeness (QED) is 0.938. The number of halogens is 2. The molecule has 1 aromatic heterocycles. The van der Waals surface area contributed by atoms with Crippen LogP contribution in [0.4, 0.5) is 0 Å². The topological polar surface area (TPSA) is 49.9 Å². The summed E-state index contributed by atoms with van der Waals surface area (Å²) in [7, 11) is -3.28. The summed E-state index contributed by atoms with van der Waals surface area (Å²) in [6.07, 6.45) is 1.59. The van der Waals surface area contributed by atoms with Gasteiger partial charge in [0.25, 0.3) is 0 Å². The lowest BCUT2D eigenvalue weighted by molar-refractivity contribution is 0.597. The molecule has 1 heterocycles. The first kappa shape index (κ1) is 13.5. The second kappa shape index (κ2) is 4.96. The molecule has 0 spiro atoms. The molecule has 3 nitrogen and oxygen atoms in total. The smallest absolute Gasteiger partial charge is 0.180 e. The van der Waals surface area contributed by atoms with E-state index in [-0.39, 0.29) is 10.6 Å². The van der Waals surface area contributed by atoms with Crippen LogP contribution in [0.15, 0.2) is 35.4 Å². The molecule has 0 amide bonds. The Balaban J connectivity index is 2.63. The van der Waals surface area contributed by atoms with E-state index >= 15 is 0 Å². The first-order valence-corrected chi connectivity index (χ1v) is 7.72. The van der Waals surface area contributed by atoms with E-state index in [1.807, 2.05) is 0 Å². The van der Waals surface area contributed by atoms with Crippen LogP contribution < -0.4 is 0 Å². The van der Waals surface area contributed by atoms with Crippen molar-refractivity contribution in [1.82, 2.24) is 4.98 Å². The molecule has 2 aromatic rings. The second-order valence-corrected chi connectivity index (χ2v) is 6.83. The van der Waals surface area contributed by atoms with Gasteiger partial charge >= 0.3 is 0 Å². The molecular weight excluding hydrogens is 293 g/mol. The van der Waals surface area contributed by atoms with E-state index in [0.29, 0.717) is 21.3 Å². The average molecular weight is 304 g/mol. The van der Waals surface area contributed by atoms with Crippen molar-refractivity contribution in [2.24, 2.45) is 0 Å². The van der Waals surface area contributed by atoms with Crippen LogP contribution in [-0.2, 0) is 9.84 Å². The monoisotopic (exact) mass is 303 g/mol. The van der Waals surface area contributed by atoms with Gasteiger partial charge in [-0.1, -0.05) is 30.1 Å². The Bertz CT molecular complexity index is 677. The van der Waals surface area contributed by atoms with Crippen LogP contribution in [-0.4, -0.2) is 19.2 Å². The number of hydrogen-bond donors (Lipinski definition) is 1. The van der Waals surface area contributed by atoms with Crippen molar-refractivity contribution in [2.45, 2.75) is 11.8 Å². The highest BCUT2D eigenvalue weighted by atomic mass is 35.5. The first-order valence-electron chi connectivity index (χ1n) is 5.31. The average Bonchev–Trinajstić information content (AvgIpc) is 2.78. The Morgan fingerprint density at radius 2 is 1.94 bits per heavy atom. The summed E-state index contributed by atoms with van der Waals surface area (Å²) in [6, 6.07) is 6.50. The number of sulfone groups is 1. The minimum absolute atomic E-state index is 0.0447. The molecular formula is C12H11Cl2NO2S. The predicted molar refractivity (Wildman–Crippen MR) is 74.0 cm³/mol. The molecule has 0 fully saturated rings. The molecule has 0 saturated carbocycles. The summed E-state index contributed by atoms with van der Waals surface area (Å²) in [5, 5.41) is 0.924. The van der Waals surface area contributed by atoms with Gasteiger partial charge < -0.3 is 4.98 Å². The first-order chi connectivity index (χ1) is 8.45. The minimum atomic E-state index is -3.28. The van der Waals surface area contributed by atoms with Gasteiger partial charge in [-0.15, -0.1) is 0 Å². The van der Waals surface area contributed by atoms with Gasteiger partial charge in [0.05, 0.1) is 21.4 Å². The van der Waals surface area contributed by atoms with Gasteiger partial charge in [-0.3, -0.25) is 0 Å². The number of benzene rings is 1. The molecule has 0 aliphatic carbocycles. The van der Waals surface area contributed by atoms with E-state index in [9.17, 15) is 8.42 Å². The third-order valence-electron chi connectivity index (χ3n) is 2.62. The Morgan fingerprint density at radius 3 is 2.56 bits per heavy atom. The van der Waals surface area contributed by atoms with Gasteiger partial charge in [0.2, 0.25) is 0 Å². The molecule has 0 saturated heterocycles. The number of H-pyrrole nitrogens is 1. The summed E-state index contributed by atoms with van der Waals surface area (Å²) in [5.74, 6) is 0.0447. The number of hydrogen-bond acceptors (Lipinski definition) is 2. The van der Waals surface area contributed by atoms with Crippen molar-refractivity contribution < 1.29 is 8.42 Å². The zero-order valence-corrected chi connectivity index (χ0v) is 11.9. The van der Waals surface area contributed by atoms with Crippen LogP contribution in [0.25, 0.3) is 11.3 Å². The van der Waals surface area contributed by atoms with Crippen molar-refractivity contribution in [1.29, 1.82) is 0 Å². The largest absolute Gasteiger partial charge is 0.360 e. The normalized spacial score (nSPS) is 11.7.